The van der Waals surface area contributed by atoms with Gasteiger partial charge in [-0.25, -0.2) is 14.0 Å². The average molecular weight is 571 g/mol. The lowest BCUT2D eigenvalue weighted by molar-refractivity contribution is -0.134. The number of aryl methyl sites for hydroxylation is 1. The van der Waals surface area contributed by atoms with E-state index in [0.717, 1.165) is 17.7 Å². The molecule has 4 heterocycles. The van der Waals surface area contributed by atoms with Gasteiger partial charge in [0.05, 0.1) is 30.9 Å². The molecule has 0 spiro atoms. The molecule has 1 atom stereocenters. The van der Waals surface area contributed by atoms with Crippen molar-refractivity contribution in [2.24, 2.45) is 0 Å². The molecule has 218 valence electrons. The minimum absolute atomic E-state index is 0.129. The first-order valence-corrected chi connectivity index (χ1v) is 13.0. The molecular formula is C28H31FN4O8. The molecule has 2 amide bonds. The summed E-state index contributed by atoms with van der Waals surface area (Å²) in [7, 11) is 0. The highest BCUT2D eigenvalue weighted by molar-refractivity contribution is 6.34. The van der Waals surface area contributed by atoms with Crippen molar-refractivity contribution < 1.29 is 43.6 Å². The van der Waals surface area contributed by atoms with Crippen LogP contribution >= 0.6 is 0 Å². The number of anilines is 1. The number of carbonyl (C=O) groups is 4. The number of carboxylic acid groups (broad SMARTS) is 2. The fraction of sp³-hybridized carbons (Fsp3) is 0.357. The molecule has 12 nitrogen and oxygen atoms in total. The van der Waals surface area contributed by atoms with Gasteiger partial charge in [-0.05, 0) is 49.6 Å². The third-order valence-corrected chi connectivity index (χ3v) is 6.99. The van der Waals surface area contributed by atoms with Crippen molar-refractivity contribution in [2.75, 3.05) is 44.7 Å². The molecule has 3 aliphatic heterocycles. The van der Waals surface area contributed by atoms with Crippen molar-refractivity contribution in [2.45, 2.75) is 26.0 Å². The fourth-order valence-corrected chi connectivity index (χ4v) is 4.96. The Hall–Kier alpha value is -4.33. The normalized spacial score (nSPS) is 18.8. The van der Waals surface area contributed by atoms with Crippen molar-refractivity contribution in [3.05, 3.63) is 64.2 Å². The maximum atomic E-state index is 13.8. The minimum Gasteiger partial charge on any atom is -0.478 e. The number of aromatic nitrogens is 1. The Morgan fingerprint density at radius 2 is 1.80 bits per heavy atom. The minimum atomic E-state index is -1.26. The molecule has 0 saturated carbocycles. The van der Waals surface area contributed by atoms with E-state index in [9.17, 15) is 28.7 Å². The van der Waals surface area contributed by atoms with Crippen molar-refractivity contribution >= 4 is 41.1 Å². The monoisotopic (exact) mass is 570 g/mol. The Bertz CT molecular complexity index is 1390. The van der Waals surface area contributed by atoms with Crippen LogP contribution < -0.4 is 5.32 Å². The second-order valence-electron chi connectivity index (χ2n) is 9.71. The summed E-state index contributed by atoms with van der Waals surface area (Å²) in [6, 6.07) is 4.19. The van der Waals surface area contributed by atoms with Gasteiger partial charge in [0, 0.05) is 54.4 Å². The zero-order valence-electron chi connectivity index (χ0n) is 22.4. The number of nitrogens with zero attached hydrogens (tertiary/aromatic N) is 2. The molecule has 5 N–H and O–H groups in total. The van der Waals surface area contributed by atoms with Crippen molar-refractivity contribution in [3.8, 4) is 0 Å². The molecule has 2 aromatic rings. The Morgan fingerprint density at radius 3 is 2.46 bits per heavy atom. The molecule has 0 radical (unpaired) electrons. The summed E-state index contributed by atoms with van der Waals surface area (Å²) in [5, 5.41) is 29.1. The number of aliphatic hydroxyl groups excluding tert-OH is 1. The number of carboxylic acids is 2. The number of rotatable bonds is 6. The summed E-state index contributed by atoms with van der Waals surface area (Å²) in [5.74, 6) is -3.36. The number of amides is 2. The van der Waals surface area contributed by atoms with E-state index < -0.39 is 24.0 Å². The highest BCUT2D eigenvalue weighted by Gasteiger charge is 2.31. The first-order valence-electron chi connectivity index (χ1n) is 13.0. The Morgan fingerprint density at radius 1 is 1.12 bits per heavy atom. The number of morpholine rings is 1. The molecule has 1 aromatic carbocycles. The number of hydrogen-bond donors (Lipinski definition) is 5. The van der Waals surface area contributed by atoms with Gasteiger partial charge in [0.25, 0.3) is 11.8 Å². The number of aliphatic carboxylic acids is 2. The topological polar surface area (TPSA) is 172 Å². The van der Waals surface area contributed by atoms with Gasteiger partial charge >= 0.3 is 11.9 Å². The van der Waals surface area contributed by atoms with Gasteiger partial charge in [0.2, 0.25) is 0 Å². The fourth-order valence-electron chi connectivity index (χ4n) is 4.96. The largest absolute Gasteiger partial charge is 0.478 e. The zero-order valence-corrected chi connectivity index (χ0v) is 22.4. The number of aliphatic hydroxyl groups is 1. The summed E-state index contributed by atoms with van der Waals surface area (Å²) in [6.07, 6.45) is 3.51. The van der Waals surface area contributed by atoms with Crippen molar-refractivity contribution in [1.29, 1.82) is 0 Å². The van der Waals surface area contributed by atoms with Crippen molar-refractivity contribution in [3.63, 3.8) is 0 Å². The predicted molar refractivity (Wildman–Crippen MR) is 145 cm³/mol. The number of hydrogen-bond acceptors (Lipinski definition) is 7. The van der Waals surface area contributed by atoms with E-state index in [1.165, 1.54) is 12.1 Å². The van der Waals surface area contributed by atoms with Crippen LogP contribution in [0.5, 0.6) is 0 Å². The molecule has 1 fully saturated rings. The molecule has 0 aliphatic carbocycles. The quantitative estimate of drug-likeness (QED) is 0.324. The van der Waals surface area contributed by atoms with E-state index in [1.54, 1.807) is 17.0 Å². The summed E-state index contributed by atoms with van der Waals surface area (Å²) in [5.41, 5.74) is 4.25. The highest BCUT2D eigenvalue weighted by Crippen LogP contribution is 2.35. The van der Waals surface area contributed by atoms with Crippen LogP contribution in [0.3, 0.4) is 0 Å². The first kappa shape index (κ1) is 29.6. The van der Waals surface area contributed by atoms with Gasteiger partial charge in [0.15, 0.2) is 0 Å². The second-order valence-corrected chi connectivity index (χ2v) is 9.71. The summed E-state index contributed by atoms with van der Waals surface area (Å²) >= 11 is 0. The summed E-state index contributed by atoms with van der Waals surface area (Å²) in [6.45, 7) is 5.07. The van der Waals surface area contributed by atoms with Crippen LogP contribution in [0.25, 0.3) is 11.6 Å². The Balaban J connectivity index is 0.000000426. The number of benzene rings is 1. The number of aromatic amines is 1. The number of nitrogens with one attached hydrogen (secondary N) is 2. The number of β-amino-alcohol motifs (C(OH)–C–C–N with tert-alkyl or cyclic N) is 1. The molecule has 13 heteroatoms. The van der Waals surface area contributed by atoms with Crippen LogP contribution in [0, 0.1) is 12.7 Å². The molecule has 1 saturated heterocycles. The maximum absolute atomic E-state index is 13.8. The molecule has 41 heavy (non-hydrogen) atoms. The van der Waals surface area contributed by atoms with E-state index in [0.29, 0.717) is 79.5 Å². The van der Waals surface area contributed by atoms with Gasteiger partial charge in [0.1, 0.15) is 12.0 Å². The van der Waals surface area contributed by atoms with Gasteiger partial charge in [-0.1, -0.05) is 0 Å². The smallest absolute Gasteiger partial charge is 0.328 e. The molecule has 0 unspecified atom stereocenters. The van der Waals surface area contributed by atoms with E-state index in [1.807, 2.05) is 11.8 Å². The van der Waals surface area contributed by atoms with Crippen LogP contribution in [0.15, 0.2) is 30.4 Å². The number of fused-ring (bicyclic) bond motifs is 2. The molecule has 0 bridgehead atoms. The average Bonchev–Trinajstić information content (AvgIpc) is 3.36. The zero-order chi connectivity index (χ0) is 29.7. The van der Waals surface area contributed by atoms with E-state index in [2.05, 4.69) is 10.3 Å². The molecule has 5 rings (SSSR count). The Labute approximate surface area is 234 Å². The summed E-state index contributed by atoms with van der Waals surface area (Å²) in [4.78, 5) is 52.0. The van der Waals surface area contributed by atoms with Crippen molar-refractivity contribution in [1.82, 2.24) is 14.8 Å². The van der Waals surface area contributed by atoms with Crippen LogP contribution in [0.2, 0.25) is 0 Å². The lowest BCUT2D eigenvalue weighted by Crippen LogP contribution is -2.50. The Kier molecular flexibility index (Phi) is 9.32. The lowest BCUT2D eigenvalue weighted by atomic mass is 10.0. The number of H-pyrrole nitrogens is 1. The van der Waals surface area contributed by atoms with Gasteiger partial charge in [-0.2, -0.15) is 0 Å². The van der Waals surface area contributed by atoms with Gasteiger partial charge in [-0.3, -0.25) is 14.5 Å². The number of ether oxygens (including phenoxy) is 1. The van der Waals surface area contributed by atoms with Crippen LogP contribution in [0.4, 0.5) is 10.1 Å². The van der Waals surface area contributed by atoms with Crippen LogP contribution in [-0.2, 0) is 25.5 Å². The SMILES string of the molecule is Cc1c(/C=C2\C(=O)Nc3ccc(F)cc32)[nH]c2c1C(=O)N(C[C@H](O)N1CCOCC1)CCC2.O=C(O)/C=C/C(=O)O. The van der Waals surface area contributed by atoms with E-state index in [4.69, 9.17) is 14.9 Å². The third kappa shape index (κ3) is 7.06. The van der Waals surface area contributed by atoms with Gasteiger partial charge in [-0.15, -0.1) is 0 Å². The van der Waals surface area contributed by atoms with Crippen LogP contribution in [0.1, 0.15) is 39.3 Å². The third-order valence-electron chi connectivity index (χ3n) is 6.99. The second kappa shape index (κ2) is 12.9. The van der Waals surface area contributed by atoms with Gasteiger partial charge < -0.3 is 35.3 Å². The number of carbonyl (C=O) groups excluding carboxylic acids is 2. The first-order chi connectivity index (χ1) is 19.5. The molecule has 1 aromatic heterocycles. The predicted octanol–water partition coefficient (Wildman–Crippen LogP) is 1.71. The van der Waals surface area contributed by atoms with E-state index in [-0.39, 0.29) is 18.4 Å². The summed E-state index contributed by atoms with van der Waals surface area (Å²) < 4.78 is 19.1. The maximum Gasteiger partial charge on any atom is 0.328 e. The lowest BCUT2D eigenvalue weighted by Gasteiger charge is -2.34. The van der Waals surface area contributed by atoms with E-state index >= 15 is 0 Å². The molecule has 3 aliphatic rings. The highest BCUT2D eigenvalue weighted by atomic mass is 19.1. The standard InChI is InChI=1S/C24H27FN4O4.C4H4O4/c1-14-20(12-17-16-11-15(25)4-5-18(16)27-23(17)31)26-19-3-2-6-29(24(32)22(14)19)13-21(30)28-7-9-33-10-8-28;5-3(6)1-2-4(7)8/h4-5,11-12,21,26,30H,2-3,6-10,13H2,1H3,(H,27,31);1-2H,(H,5,6)(H,7,8)/b17-12-;2-1+/t21-;/m0./s1. The number of halogens is 1. The molecular weight excluding hydrogens is 539 g/mol. The van der Waals surface area contributed by atoms with Crippen LogP contribution in [-0.4, -0.2) is 99.5 Å².